The van der Waals surface area contributed by atoms with E-state index in [1.54, 1.807) is 11.3 Å². The van der Waals surface area contributed by atoms with Crippen LogP contribution >= 0.6 is 11.3 Å². The second-order valence-electron chi connectivity index (χ2n) is 1.16. The summed E-state index contributed by atoms with van der Waals surface area (Å²) in [6.07, 6.45) is 0. The monoisotopic (exact) mass is 182 g/mol. The van der Waals surface area contributed by atoms with Gasteiger partial charge in [-0.25, -0.2) is 6.07 Å². The van der Waals surface area contributed by atoms with Gasteiger partial charge in [0.15, 0.2) is 0 Å². The molecule has 0 aliphatic carbocycles. The smallest absolute Gasteiger partial charge is 0.301 e. The van der Waals surface area contributed by atoms with Gasteiger partial charge in [-0.3, -0.25) is 0 Å². The van der Waals surface area contributed by atoms with E-state index in [1.807, 2.05) is 12.1 Å². The van der Waals surface area contributed by atoms with Gasteiger partial charge in [-0.1, -0.05) is 6.92 Å². The molecule has 7 heavy (non-hydrogen) atoms. The molecule has 0 N–H and O–H groups in total. The molecule has 0 bridgehead atoms. The van der Waals surface area contributed by atoms with Crippen LogP contribution in [0.2, 0.25) is 0 Å². The normalized spacial score (nSPS) is 7.57. The van der Waals surface area contributed by atoms with Gasteiger partial charge in [0.2, 0.25) is 0 Å². The van der Waals surface area contributed by atoms with Crippen molar-refractivity contribution in [3.63, 3.8) is 0 Å². The Kier molecular flexibility index (Phi) is 5.33. The quantitative estimate of drug-likeness (QED) is 0.445. The van der Waals surface area contributed by atoms with Crippen molar-refractivity contribution in [2.24, 2.45) is 0 Å². The summed E-state index contributed by atoms with van der Waals surface area (Å²) in [6.45, 7) is 2.07. The van der Waals surface area contributed by atoms with Gasteiger partial charge in [-0.15, -0.1) is 5.38 Å². The molecule has 0 saturated heterocycles. The maximum Gasteiger partial charge on any atom is 1.00 e. The van der Waals surface area contributed by atoms with Crippen LogP contribution in [0.15, 0.2) is 12.1 Å². The maximum absolute atomic E-state index is 2.97. The molecular weight excluding hydrogens is 178 g/mol. The molecule has 0 aliphatic heterocycles. The van der Waals surface area contributed by atoms with Crippen molar-refractivity contribution in [1.29, 1.82) is 0 Å². The van der Waals surface area contributed by atoms with Gasteiger partial charge in [-0.2, -0.15) is 10.9 Å². The van der Waals surface area contributed by atoms with E-state index in [9.17, 15) is 0 Å². The van der Waals surface area contributed by atoms with Crippen LogP contribution in [0.3, 0.4) is 0 Å². The second-order valence-corrected chi connectivity index (χ2v) is 2.25. The molecule has 0 saturated carbocycles. The van der Waals surface area contributed by atoms with Crippen LogP contribution < -0.4 is 58.2 Å². The molecule has 0 atom stereocenters. The van der Waals surface area contributed by atoms with E-state index in [2.05, 4.69) is 12.3 Å². The molecule has 0 unspecified atom stereocenters. The summed E-state index contributed by atoms with van der Waals surface area (Å²) in [5, 5.41) is 2.97. The molecule has 2 heteroatoms. The van der Waals surface area contributed by atoms with Gasteiger partial charge in [0, 0.05) is 0 Å². The third-order valence-electron chi connectivity index (χ3n) is 0.606. The zero-order valence-electron chi connectivity index (χ0n) is 4.56. The Balaban J connectivity index is 0.000000360. The predicted molar refractivity (Wildman–Crippen MR) is 27.9 cm³/mol. The second kappa shape index (κ2) is 4.39. The van der Waals surface area contributed by atoms with E-state index in [4.69, 9.17) is 0 Å². The summed E-state index contributed by atoms with van der Waals surface area (Å²) in [6, 6.07) is 3.98. The molecule has 0 amide bonds. The van der Waals surface area contributed by atoms with E-state index in [-0.39, 0.29) is 58.2 Å². The van der Waals surface area contributed by atoms with Crippen molar-refractivity contribution in [2.75, 3.05) is 0 Å². The van der Waals surface area contributed by atoms with Gasteiger partial charge in [-0.05, 0) is 0 Å². The Labute approximate surface area is 96.7 Å². The van der Waals surface area contributed by atoms with E-state index in [1.165, 1.54) is 4.88 Å². The molecule has 1 aromatic heterocycles. The largest absolute Gasteiger partial charge is 1.00 e. The Bertz CT molecular complexity index is 112. The molecule has 0 aromatic carbocycles. The van der Waals surface area contributed by atoms with E-state index in [0.29, 0.717) is 0 Å². The van der Waals surface area contributed by atoms with Crippen molar-refractivity contribution >= 4 is 11.3 Å². The minimum absolute atomic E-state index is 0. The number of thiophene rings is 1. The van der Waals surface area contributed by atoms with Crippen molar-refractivity contribution in [3.8, 4) is 0 Å². The van der Waals surface area contributed by atoms with Crippen molar-refractivity contribution in [2.45, 2.75) is 6.92 Å². The summed E-state index contributed by atoms with van der Waals surface area (Å²) in [5.74, 6) is 0. The van der Waals surface area contributed by atoms with Crippen LogP contribution in [-0.4, -0.2) is 0 Å². The molecule has 32 valence electrons. The van der Waals surface area contributed by atoms with Crippen LogP contribution in [0.4, 0.5) is 0 Å². The minimum atomic E-state index is 0. The zero-order chi connectivity index (χ0) is 4.41. The fraction of sp³-hybridized carbons (Fsp3) is 0.200. The number of aryl methyl sites for hydroxylation is 1. The Morgan fingerprint density at radius 1 is 1.71 bits per heavy atom. The fourth-order valence-corrected chi connectivity index (χ4v) is 0.770. The van der Waals surface area contributed by atoms with E-state index < -0.39 is 0 Å². The zero-order valence-corrected chi connectivity index (χ0v) is 10.3. The van der Waals surface area contributed by atoms with Crippen LogP contribution in [0.1, 0.15) is 4.88 Å². The summed E-state index contributed by atoms with van der Waals surface area (Å²) < 4.78 is 0. The average molecular weight is 183 g/mol. The first-order valence-corrected chi connectivity index (χ1v) is 2.64. The third-order valence-corrected chi connectivity index (χ3v) is 1.32. The number of hydrogen-bond acceptors (Lipinski definition) is 1. The molecule has 0 aliphatic rings. The summed E-state index contributed by atoms with van der Waals surface area (Å²) in [7, 11) is 0. The third kappa shape index (κ3) is 3.14. The summed E-state index contributed by atoms with van der Waals surface area (Å²) in [5.41, 5.74) is 0. The fourth-order valence-electron chi connectivity index (χ4n) is 0.312. The van der Waals surface area contributed by atoms with Gasteiger partial charge in [0.1, 0.15) is 0 Å². The summed E-state index contributed by atoms with van der Waals surface area (Å²) in [4.78, 5) is 1.33. The van der Waals surface area contributed by atoms with E-state index in [0.717, 1.165) is 0 Å². The van der Waals surface area contributed by atoms with Crippen molar-refractivity contribution in [3.05, 3.63) is 22.4 Å². The Morgan fingerprint density at radius 2 is 2.43 bits per heavy atom. The Morgan fingerprint density at radius 3 is 2.57 bits per heavy atom. The minimum Gasteiger partial charge on any atom is -0.301 e. The van der Waals surface area contributed by atoms with E-state index >= 15 is 0 Å². The van der Waals surface area contributed by atoms with Crippen LogP contribution in [-0.2, 0) is 0 Å². The topological polar surface area (TPSA) is 0 Å². The van der Waals surface area contributed by atoms with Gasteiger partial charge >= 0.3 is 58.2 Å². The van der Waals surface area contributed by atoms with Crippen LogP contribution in [0.5, 0.6) is 0 Å². The van der Waals surface area contributed by atoms with Gasteiger partial charge < -0.3 is 11.3 Å². The maximum atomic E-state index is 2.97. The molecular formula is C5H5RbS. The van der Waals surface area contributed by atoms with Gasteiger partial charge in [0.25, 0.3) is 0 Å². The standard InChI is InChI=1S/C5H5S.Rb/c1-5-3-2-4-6-5;/h2-3H,1H3;/q-1;+1. The first-order chi connectivity index (χ1) is 2.89. The van der Waals surface area contributed by atoms with Crippen molar-refractivity contribution in [1.82, 2.24) is 0 Å². The SMILES string of the molecule is Cc1cc[c-]s1.[Rb+]. The molecule has 0 fully saturated rings. The van der Waals surface area contributed by atoms with Crippen LogP contribution in [0.25, 0.3) is 0 Å². The molecule has 1 aromatic rings. The average Bonchev–Trinajstić information content (AvgIpc) is 1.86. The molecule has 1 rings (SSSR count). The van der Waals surface area contributed by atoms with Gasteiger partial charge in [0.05, 0.1) is 0 Å². The molecule has 1 heterocycles. The van der Waals surface area contributed by atoms with Crippen LogP contribution in [0, 0.1) is 12.3 Å². The van der Waals surface area contributed by atoms with Crippen molar-refractivity contribution < 1.29 is 58.2 Å². The first kappa shape index (κ1) is 8.51. The first-order valence-electron chi connectivity index (χ1n) is 1.82. The predicted octanol–water partition coefficient (Wildman–Crippen LogP) is -1.14. The molecule has 0 nitrogen and oxygen atoms in total. The Hall–Kier alpha value is 1.51. The number of rotatable bonds is 0. The molecule has 0 spiro atoms. The molecule has 0 radical (unpaired) electrons. The number of hydrogen-bond donors (Lipinski definition) is 0. The summed E-state index contributed by atoms with van der Waals surface area (Å²) >= 11 is 1.65.